The molecule has 0 aliphatic carbocycles. The van der Waals surface area contributed by atoms with Gasteiger partial charge >= 0.3 is 0 Å². The van der Waals surface area contributed by atoms with Crippen molar-refractivity contribution in [3.05, 3.63) is 71.7 Å². The molecule has 0 saturated carbocycles. The van der Waals surface area contributed by atoms with E-state index in [1.54, 1.807) is 29.9 Å². The number of hydrogen-bond acceptors (Lipinski definition) is 5. The van der Waals surface area contributed by atoms with Crippen LogP contribution in [0.15, 0.2) is 48.7 Å². The van der Waals surface area contributed by atoms with Crippen molar-refractivity contribution in [2.75, 3.05) is 11.9 Å². The highest BCUT2D eigenvalue weighted by Gasteiger charge is 2.20. The quantitative estimate of drug-likeness (QED) is 0.590. The molecule has 0 aliphatic rings. The zero-order valence-corrected chi connectivity index (χ0v) is 15.6. The van der Waals surface area contributed by atoms with E-state index in [2.05, 4.69) is 15.6 Å². The first-order valence-electron chi connectivity index (χ1n) is 8.97. The predicted octanol–water partition coefficient (Wildman–Crippen LogP) is 3.58. The Morgan fingerprint density at radius 2 is 1.86 bits per heavy atom. The Kier molecular flexibility index (Phi) is 6.48. The number of carbonyl (C=O) groups is 1. The monoisotopic (exact) mass is 404 g/mol. The van der Waals surface area contributed by atoms with E-state index < -0.39 is 17.7 Å². The van der Waals surface area contributed by atoms with Gasteiger partial charge in [-0.15, -0.1) is 5.10 Å². The lowest BCUT2D eigenvalue weighted by Gasteiger charge is -2.17. The summed E-state index contributed by atoms with van der Waals surface area (Å²) in [6, 6.07) is 8.92. The third-order valence-corrected chi connectivity index (χ3v) is 4.13. The number of hydrogen-bond donors (Lipinski definition) is 1. The van der Waals surface area contributed by atoms with Crippen LogP contribution in [0.1, 0.15) is 18.9 Å². The third-order valence-electron chi connectivity index (χ3n) is 4.13. The summed E-state index contributed by atoms with van der Waals surface area (Å²) < 4.78 is 46.6. The Labute approximate surface area is 165 Å². The van der Waals surface area contributed by atoms with Gasteiger partial charge in [-0.2, -0.15) is 0 Å². The zero-order valence-electron chi connectivity index (χ0n) is 15.6. The molecule has 1 atom stereocenters. The number of ketones is 1. The summed E-state index contributed by atoms with van der Waals surface area (Å²) in [5.74, 6) is -2.03. The van der Waals surface area contributed by atoms with Crippen molar-refractivity contribution >= 4 is 11.6 Å². The lowest BCUT2D eigenvalue weighted by atomic mass is 10.1. The van der Waals surface area contributed by atoms with Crippen LogP contribution >= 0.6 is 0 Å². The van der Waals surface area contributed by atoms with E-state index in [1.807, 2.05) is 0 Å². The van der Waals surface area contributed by atoms with E-state index in [1.165, 1.54) is 12.1 Å². The molecule has 0 amide bonds. The highest BCUT2D eigenvalue weighted by molar-refractivity contribution is 5.87. The van der Waals surface area contributed by atoms with Crippen molar-refractivity contribution in [1.29, 1.82) is 0 Å². The van der Waals surface area contributed by atoms with Gasteiger partial charge in [0.15, 0.2) is 29.3 Å². The first kappa shape index (κ1) is 20.4. The molecule has 9 heteroatoms. The predicted molar refractivity (Wildman–Crippen MR) is 100 cm³/mol. The molecule has 1 heterocycles. The van der Waals surface area contributed by atoms with Gasteiger partial charge in [0, 0.05) is 6.07 Å². The van der Waals surface area contributed by atoms with Gasteiger partial charge in [0.2, 0.25) is 0 Å². The van der Waals surface area contributed by atoms with Crippen LogP contribution in [0, 0.1) is 17.5 Å². The molecule has 29 heavy (non-hydrogen) atoms. The molecule has 2 aromatic carbocycles. The molecule has 0 spiro atoms. The minimum absolute atomic E-state index is 0.101. The first-order valence-corrected chi connectivity index (χ1v) is 8.97. The number of Topliss-reactive ketones (excluding diaryl/α,β-unsaturated/α-hetero) is 1. The van der Waals surface area contributed by atoms with Crippen LogP contribution in [0.2, 0.25) is 0 Å². The summed E-state index contributed by atoms with van der Waals surface area (Å²) in [6.45, 7) is 2.02. The van der Waals surface area contributed by atoms with Gasteiger partial charge in [0.1, 0.15) is 11.6 Å². The Morgan fingerprint density at radius 3 is 2.55 bits per heavy atom. The van der Waals surface area contributed by atoms with Crippen LogP contribution in [0.3, 0.4) is 0 Å². The lowest BCUT2D eigenvalue weighted by Crippen LogP contribution is -2.32. The minimum atomic E-state index is -0.892. The molecule has 3 aromatic rings. The van der Waals surface area contributed by atoms with Crippen LogP contribution in [-0.4, -0.2) is 33.4 Å². The third kappa shape index (κ3) is 5.56. The smallest absolute Gasteiger partial charge is 0.192 e. The first-order chi connectivity index (χ1) is 13.9. The van der Waals surface area contributed by atoms with Crippen molar-refractivity contribution in [3.8, 4) is 5.75 Å². The average molecular weight is 404 g/mol. The topological polar surface area (TPSA) is 69.0 Å². The Bertz CT molecular complexity index is 976. The number of carbonyl (C=O) groups excluding carboxylic acids is 1. The van der Waals surface area contributed by atoms with Crippen molar-refractivity contribution in [2.24, 2.45) is 0 Å². The fourth-order valence-electron chi connectivity index (χ4n) is 2.63. The highest BCUT2D eigenvalue weighted by Crippen LogP contribution is 2.20. The molecule has 152 valence electrons. The standard InChI is InChI=1S/C20H19F3N4O2/c1-2-18(29-19-8-7-15(22)9-16(19)23)17(28)10-24-20-12-27(26-25-20)11-13-3-5-14(21)6-4-13/h3-9,12,18,24H,2,10-11H2,1H3. The number of nitrogens with one attached hydrogen (secondary N) is 1. The number of benzene rings is 2. The van der Waals surface area contributed by atoms with Crippen molar-refractivity contribution < 1.29 is 22.7 Å². The molecule has 0 bridgehead atoms. The van der Waals surface area contributed by atoms with Crippen molar-refractivity contribution in [1.82, 2.24) is 15.0 Å². The SMILES string of the molecule is CCC(Oc1ccc(F)cc1F)C(=O)CNc1cn(Cc2ccc(F)cc2)nn1. The number of anilines is 1. The molecule has 1 aromatic heterocycles. The maximum atomic E-state index is 13.7. The Hall–Kier alpha value is -3.36. The molecular formula is C20H19F3N4O2. The Morgan fingerprint density at radius 1 is 1.14 bits per heavy atom. The summed E-state index contributed by atoms with van der Waals surface area (Å²) in [7, 11) is 0. The van der Waals surface area contributed by atoms with E-state index in [0.717, 1.165) is 17.7 Å². The number of aromatic nitrogens is 3. The van der Waals surface area contributed by atoms with Gasteiger partial charge in [-0.05, 0) is 36.2 Å². The average Bonchev–Trinajstić information content (AvgIpc) is 3.15. The van der Waals surface area contributed by atoms with Crippen LogP contribution in [-0.2, 0) is 11.3 Å². The molecule has 0 aliphatic heterocycles. The van der Waals surface area contributed by atoms with E-state index >= 15 is 0 Å². The van der Waals surface area contributed by atoms with E-state index in [9.17, 15) is 18.0 Å². The van der Waals surface area contributed by atoms with Crippen LogP contribution in [0.25, 0.3) is 0 Å². The largest absolute Gasteiger partial charge is 0.480 e. The van der Waals surface area contributed by atoms with Gasteiger partial charge in [0.05, 0.1) is 19.3 Å². The minimum Gasteiger partial charge on any atom is -0.480 e. The molecule has 1 unspecified atom stereocenters. The van der Waals surface area contributed by atoms with Crippen LogP contribution in [0.4, 0.5) is 19.0 Å². The van der Waals surface area contributed by atoms with E-state index in [4.69, 9.17) is 4.74 Å². The van der Waals surface area contributed by atoms with Gasteiger partial charge in [-0.3, -0.25) is 4.79 Å². The molecule has 1 N–H and O–H groups in total. The number of halogens is 3. The van der Waals surface area contributed by atoms with E-state index in [-0.39, 0.29) is 23.9 Å². The summed E-state index contributed by atoms with van der Waals surface area (Å²) in [4.78, 5) is 12.4. The lowest BCUT2D eigenvalue weighted by molar-refractivity contribution is -0.124. The van der Waals surface area contributed by atoms with Gasteiger partial charge in [-0.1, -0.05) is 24.3 Å². The van der Waals surface area contributed by atoms with Crippen molar-refractivity contribution in [2.45, 2.75) is 26.0 Å². The summed E-state index contributed by atoms with van der Waals surface area (Å²) in [5.41, 5.74) is 0.847. The van der Waals surface area contributed by atoms with Crippen molar-refractivity contribution in [3.63, 3.8) is 0 Å². The van der Waals surface area contributed by atoms with E-state index in [0.29, 0.717) is 24.8 Å². The normalized spacial score (nSPS) is 11.9. The maximum Gasteiger partial charge on any atom is 0.192 e. The summed E-state index contributed by atoms with van der Waals surface area (Å²) in [5, 5.41) is 10.7. The molecular weight excluding hydrogens is 385 g/mol. The second kappa shape index (κ2) is 9.22. The molecule has 6 nitrogen and oxygen atoms in total. The second-order valence-corrected chi connectivity index (χ2v) is 6.34. The van der Waals surface area contributed by atoms with Crippen LogP contribution in [0.5, 0.6) is 5.75 Å². The molecule has 0 fully saturated rings. The van der Waals surface area contributed by atoms with Gasteiger partial charge in [0.25, 0.3) is 0 Å². The summed E-state index contributed by atoms with van der Waals surface area (Å²) in [6.07, 6.45) is 1.03. The maximum absolute atomic E-state index is 13.7. The van der Waals surface area contributed by atoms with Gasteiger partial charge < -0.3 is 10.1 Å². The zero-order chi connectivity index (χ0) is 20.8. The number of ether oxygens (including phenoxy) is 1. The Balaban J connectivity index is 1.55. The fourth-order valence-corrected chi connectivity index (χ4v) is 2.63. The fraction of sp³-hybridized carbons (Fsp3) is 0.250. The molecule has 0 saturated heterocycles. The summed E-state index contributed by atoms with van der Waals surface area (Å²) >= 11 is 0. The number of rotatable bonds is 9. The molecule has 3 rings (SSSR count). The highest BCUT2D eigenvalue weighted by atomic mass is 19.1. The second-order valence-electron chi connectivity index (χ2n) is 6.34. The van der Waals surface area contributed by atoms with Crippen LogP contribution < -0.4 is 10.1 Å². The van der Waals surface area contributed by atoms with Gasteiger partial charge in [-0.25, -0.2) is 17.9 Å². The molecule has 0 radical (unpaired) electrons. The number of nitrogens with zero attached hydrogens (tertiary/aromatic N) is 3.